The number of carbonyl (C=O) groups excluding carboxylic acids is 2. The van der Waals surface area contributed by atoms with E-state index in [2.05, 4.69) is 15.3 Å². The molecular formula is C5H6N4O2. The molecule has 6 heteroatoms. The maximum Gasteiger partial charge on any atom is 0.266 e. The number of carbonyl (C=O) groups is 2. The molecule has 0 aliphatic carbocycles. The highest BCUT2D eigenvalue weighted by Gasteiger charge is 2.03. The van der Waals surface area contributed by atoms with E-state index >= 15 is 0 Å². The Morgan fingerprint density at radius 2 is 2.55 bits per heavy atom. The van der Waals surface area contributed by atoms with Crippen molar-refractivity contribution in [2.45, 2.75) is 0 Å². The highest BCUT2D eigenvalue weighted by Crippen LogP contribution is 1.98. The Morgan fingerprint density at radius 3 is 3.00 bits per heavy atom. The van der Waals surface area contributed by atoms with Crippen LogP contribution in [0.4, 0.5) is 5.95 Å². The van der Waals surface area contributed by atoms with Crippen LogP contribution in [-0.4, -0.2) is 22.3 Å². The van der Waals surface area contributed by atoms with Crippen LogP contribution in [0.1, 0.15) is 10.5 Å². The summed E-state index contributed by atoms with van der Waals surface area (Å²) in [7, 11) is 0. The van der Waals surface area contributed by atoms with Gasteiger partial charge < -0.3 is 10.7 Å². The first-order valence-electron chi connectivity index (χ1n) is 2.79. The van der Waals surface area contributed by atoms with Crippen LogP contribution < -0.4 is 11.1 Å². The molecule has 0 aliphatic rings. The fraction of sp³-hybridized carbons (Fsp3) is 0. The van der Waals surface area contributed by atoms with Crippen LogP contribution in [0.2, 0.25) is 0 Å². The minimum absolute atomic E-state index is 0.161. The largest absolute Gasteiger partial charge is 0.364 e. The van der Waals surface area contributed by atoms with Gasteiger partial charge in [-0.15, -0.1) is 0 Å². The highest BCUT2D eigenvalue weighted by atomic mass is 16.1. The lowest BCUT2D eigenvalue weighted by Gasteiger charge is -1.88. The quantitative estimate of drug-likeness (QED) is 0.490. The van der Waals surface area contributed by atoms with E-state index in [1.807, 2.05) is 0 Å². The van der Waals surface area contributed by atoms with Crippen molar-refractivity contribution in [1.82, 2.24) is 9.97 Å². The number of rotatable bonds is 3. The Morgan fingerprint density at radius 1 is 1.82 bits per heavy atom. The van der Waals surface area contributed by atoms with Gasteiger partial charge in [-0.3, -0.25) is 14.9 Å². The number of nitrogens with zero attached hydrogens (tertiary/aromatic N) is 1. The van der Waals surface area contributed by atoms with E-state index in [0.29, 0.717) is 6.41 Å². The number of hydrogen-bond acceptors (Lipinski definition) is 3. The number of nitrogens with two attached hydrogens (primary N) is 1. The van der Waals surface area contributed by atoms with Crippen LogP contribution in [0, 0.1) is 0 Å². The van der Waals surface area contributed by atoms with Gasteiger partial charge in [0.2, 0.25) is 12.4 Å². The molecule has 1 aromatic rings. The lowest BCUT2D eigenvalue weighted by Crippen LogP contribution is -2.11. The summed E-state index contributed by atoms with van der Waals surface area (Å²) in [5, 5.41) is 2.23. The monoisotopic (exact) mass is 154 g/mol. The fourth-order valence-electron chi connectivity index (χ4n) is 0.576. The predicted octanol–water partition coefficient (Wildman–Crippen LogP) is -0.923. The summed E-state index contributed by atoms with van der Waals surface area (Å²) >= 11 is 0. The summed E-state index contributed by atoms with van der Waals surface area (Å²) in [5.41, 5.74) is 5.06. The molecule has 0 radical (unpaired) electrons. The first-order valence-corrected chi connectivity index (χ1v) is 2.79. The van der Waals surface area contributed by atoms with Crippen molar-refractivity contribution in [3.63, 3.8) is 0 Å². The van der Waals surface area contributed by atoms with Gasteiger partial charge in [0, 0.05) is 0 Å². The van der Waals surface area contributed by atoms with Crippen molar-refractivity contribution in [2.75, 3.05) is 5.32 Å². The van der Waals surface area contributed by atoms with Crippen molar-refractivity contribution in [1.29, 1.82) is 0 Å². The Bertz CT molecular complexity index is 280. The van der Waals surface area contributed by atoms with Gasteiger partial charge in [-0.1, -0.05) is 0 Å². The Hall–Kier alpha value is -1.85. The van der Waals surface area contributed by atoms with Crippen LogP contribution in [0.25, 0.3) is 0 Å². The smallest absolute Gasteiger partial charge is 0.266 e. The summed E-state index contributed by atoms with van der Waals surface area (Å²) in [6.45, 7) is 0. The topological polar surface area (TPSA) is 101 Å². The number of hydrogen-bond donors (Lipinski definition) is 3. The van der Waals surface area contributed by atoms with Crippen LogP contribution in [0.15, 0.2) is 6.20 Å². The van der Waals surface area contributed by atoms with Gasteiger partial charge in [0.05, 0.1) is 6.20 Å². The number of nitrogens with one attached hydrogen (secondary N) is 2. The third-order valence-corrected chi connectivity index (χ3v) is 1.04. The minimum atomic E-state index is -0.614. The Kier molecular flexibility index (Phi) is 1.86. The van der Waals surface area contributed by atoms with Crippen molar-refractivity contribution in [3.8, 4) is 0 Å². The van der Waals surface area contributed by atoms with Crippen LogP contribution in [0.5, 0.6) is 0 Å². The summed E-state index contributed by atoms with van der Waals surface area (Å²) in [4.78, 5) is 26.4. The van der Waals surface area contributed by atoms with E-state index in [0.717, 1.165) is 0 Å². The number of anilines is 1. The lowest BCUT2D eigenvalue weighted by molar-refractivity contribution is -0.105. The first-order chi connectivity index (χ1) is 5.24. The first kappa shape index (κ1) is 7.26. The third-order valence-electron chi connectivity index (χ3n) is 1.04. The fourth-order valence-corrected chi connectivity index (χ4v) is 0.576. The molecule has 0 atom stereocenters. The zero-order chi connectivity index (χ0) is 8.27. The van der Waals surface area contributed by atoms with Gasteiger partial charge in [-0.2, -0.15) is 0 Å². The molecule has 0 saturated heterocycles. The summed E-state index contributed by atoms with van der Waals surface area (Å²) < 4.78 is 0. The van der Waals surface area contributed by atoms with Gasteiger partial charge >= 0.3 is 0 Å². The van der Waals surface area contributed by atoms with E-state index < -0.39 is 5.91 Å². The van der Waals surface area contributed by atoms with Crippen molar-refractivity contribution in [2.24, 2.45) is 5.73 Å². The molecule has 0 fully saturated rings. The number of H-pyrrole nitrogens is 1. The molecule has 0 saturated carbocycles. The average molecular weight is 154 g/mol. The molecule has 0 unspecified atom stereocenters. The average Bonchev–Trinajstić information content (AvgIpc) is 2.37. The second-order valence-electron chi connectivity index (χ2n) is 1.77. The number of aromatic nitrogens is 2. The van der Waals surface area contributed by atoms with Gasteiger partial charge in [0.25, 0.3) is 5.91 Å². The number of imidazole rings is 1. The highest BCUT2D eigenvalue weighted by molar-refractivity contribution is 5.91. The van der Waals surface area contributed by atoms with Gasteiger partial charge in [-0.25, -0.2) is 4.98 Å². The molecule has 1 rings (SSSR count). The molecule has 58 valence electrons. The van der Waals surface area contributed by atoms with Crippen LogP contribution in [-0.2, 0) is 4.79 Å². The van der Waals surface area contributed by atoms with E-state index in [1.165, 1.54) is 6.20 Å². The van der Waals surface area contributed by atoms with Gasteiger partial charge in [-0.05, 0) is 0 Å². The van der Waals surface area contributed by atoms with E-state index in [-0.39, 0.29) is 11.6 Å². The zero-order valence-electron chi connectivity index (χ0n) is 5.50. The molecule has 0 spiro atoms. The lowest BCUT2D eigenvalue weighted by atomic mass is 10.5. The molecule has 1 aromatic heterocycles. The van der Waals surface area contributed by atoms with Gasteiger partial charge in [0.1, 0.15) is 5.69 Å². The summed E-state index contributed by atoms with van der Waals surface area (Å²) in [6, 6.07) is 0. The second-order valence-corrected chi connectivity index (χ2v) is 1.77. The predicted molar refractivity (Wildman–Crippen MR) is 36.8 cm³/mol. The number of aromatic amines is 1. The third kappa shape index (κ3) is 1.54. The number of primary amides is 1. The van der Waals surface area contributed by atoms with E-state index in [4.69, 9.17) is 5.73 Å². The summed E-state index contributed by atoms with van der Waals surface area (Å²) in [6.07, 6.45) is 1.69. The normalized spacial score (nSPS) is 9.09. The Balaban J connectivity index is 2.81. The summed E-state index contributed by atoms with van der Waals surface area (Å²) in [5.74, 6) is -0.412. The molecule has 1 heterocycles. The molecule has 6 nitrogen and oxygen atoms in total. The molecule has 0 bridgehead atoms. The molecule has 0 aliphatic heterocycles. The van der Waals surface area contributed by atoms with E-state index in [9.17, 15) is 9.59 Å². The second kappa shape index (κ2) is 2.82. The SMILES string of the molecule is NC(=O)c1cnc(NC=O)[nH]1. The maximum atomic E-state index is 10.5. The maximum absolute atomic E-state index is 10.5. The molecule has 0 aromatic carbocycles. The minimum Gasteiger partial charge on any atom is -0.364 e. The van der Waals surface area contributed by atoms with Crippen molar-refractivity contribution < 1.29 is 9.59 Å². The van der Waals surface area contributed by atoms with Crippen LogP contribution >= 0.6 is 0 Å². The van der Waals surface area contributed by atoms with E-state index in [1.54, 1.807) is 0 Å². The zero-order valence-corrected chi connectivity index (χ0v) is 5.50. The molecule has 2 amide bonds. The Labute approximate surface area is 61.8 Å². The standard InChI is InChI=1S/C5H6N4O2/c6-4(11)3-1-7-5(9-3)8-2-10/h1-2H,(H2,6,11)(H2,7,8,9,10). The molecule has 4 N–H and O–H groups in total. The molecular weight excluding hydrogens is 148 g/mol. The molecule has 11 heavy (non-hydrogen) atoms. The van der Waals surface area contributed by atoms with Crippen molar-refractivity contribution >= 4 is 18.3 Å². The van der Waals surface area contributed by atoms with Crippen molar-refractivity contribution in [3.05, 3.63) is 11.9 Å². The van der Waals surface area contributed by atoms with Crippen LogP contribution in [0.3, 0.4) is 0 Å². The van der Waals surface area contributed by atoms with Gasteiger partial charge in [0.15, 0.2) is 0 Å². The number of amides is 2.